The van der Waals surface area contributed by atoms with E-state index in [9.17, 15) is 18.0 Å². The second-order valence-corrected chi connectivity index (χ2v) is 12.8. The van der Waals surface area contributed by atoms with Gasteiger partial charge in [0.25, 0.3) is 10.0 Å². The number of alkyl carbamates (subject to hydrolysis) is 1. The minimum Gasteiger partial charge on any atom is -0.489 e. The number of nitrogens with one attached hydrogen (secondary N) is 1. The number of ether oxygens (including phenoxy) is 2. The molecule has 1 aliphatic heterocycles. The molecule has 0 saturated heterocycles. The zero-order chi connectivity index (χ0) is 29.8. The average molecular weight is 577 g/mol. The summed E-state index contributed by atoms with van der Waals surface area (Å²) in [4.78, 5) is 25.7. The summed E-state index contributed by atoms with van der Waals surface area (Å²) < 4.78 is 40.6. The Labute approximate surface area is 242 Å². The van der Waals surface area contributed by atoms with Crippen molar-refractivity contribution in [2.24, 2.45) is 0 Å². The van der Waals surface area contributed by atoms with Crippen LogP contribution in [0.15, 0.2) is 89.8 Å². The van der Waals surface area contributed by atoms with E-state index in [4.69, 9.17) is 9.47 Å². The van der Waals surface area contributed by atoms with Gasteiger partial charge >= 0.3 is 6.09 Å². The van der Waals surface area contributed by atoms with E-state index in [-0.39, 0.29) is 40.5 Å². The summed E-state index contributed by atoms with van der Waals surface area (Å²) in [5.74, 6) is 0.104. The van der Waals surface area contributed by atoms with Gasteiger partial charge in [-0.1, -0.05) is 54.6 Å². The summed E-state index contributed by atoms with van der Waals surface area (Å²) in [6, 6.07) is 20.2. The van der Waals surface area contributed by atoms with Gasteiger partial charge in [0, 0.05) is 12.1 Å². The van der Waals surface area contributed by atoms with Crippen LogP contribution in [0, 0.1) is 6.92 Å². The van der Waals surface area contributed by atoms with Gasteiger partial charge in [-0.3, -0.25) is 9.10 Å². The molecule has 0 spiro atoms. The normalized spacial score (nSPS) is 15.3. The van der Waals surface area contributed by atoms with E-state index in [1.54, 1.807) is 63.2 Å². The van der Waals surface area contributed by atoms with Crippen LogP contribution in [0.4, 0.5) is 10.5 Å². The smallest absolute Gasteiger partial charge is 0.407 e. The van der Waals surface area contributed by atoms with Crippen molar-refractivity contribution in [3.05, 3.63) is 102 Å². The molecule has 3 aromatic rings. The highest BCUT2D eigenvalue weighted by molar-refractivity contribution is 7.92. The van der Waals surface area contributed by atoms with Gasteiger partial charge in [-0.25, -0.2) is 13.2 Å². The van der Waals surface area contributed by atoms with Gasteiger partial charge in [0.2, 0.25) is 0 Å². The zero-order valence-electron chi connectivity index (χ0n) is 23.8. The summed E-state index contributed by atoms with van der Waals surface area (Å²) in [6.45, 7) is 11.8. The number of carbonyl (C=O) groups is 2. The van der Waals surface area contributed by atoms with Crippen LogP contribution < -0.4 is 14.4 Å². The Bertz CT molecular complexity index is 1530. The summed E-state index contributed by atoms with van der Waals surface area (Å²) in [5, 5.41) is 2.69. The SMILES string of the molecule is C=C1C(=O)c2cc(OCc3ccccc3)ccc2N(S(=O)(=O)c2ccc(C)cc2)C1CCCNC(=O)OC(C)(C)C. The predicted octanol–water partition coefficient (Wildman–Crippen LogP) is 6.20. The van der Waals surface area contributed by atoms with Gasteiger partial charge in [0.05, 0.1) is 22.2 Å². The fourth-order valence-corrected chi connectivity index (χ4v) is 6.26. The maximum absolute atomic E-state index is 14.1. The van der Waals surface area contributed by atoms with Crippen molar-refractivity contribution in [1.29, 1.82) is 0 Å². The third-order valence-electron chi connectivity index (χ3n) is 6.58. The molecule has 0 bridgehead atoms. The molecular formula is C32H36N2O6S. The van der Waals surface area contributed by atoms with Crippen molar-refractivity contribution in [3.8, 4) is 5.75 Å². The quantitative estimate of drug-likeness (QED) is 0.241. The number of amides is 1. The minimum absolute atomic E-state index is 0.109. The molecule has 4 rings (SSSR count). The Kier molecular flexibility index (Phi) is 8.87. The van der Waals surface area contributed by atoms with E-state index < -0.39 is 27.8 Å². The molecule has 0 fully saturated rings. The monoisotopic (exact) mass is 576 g/mol. The summed E-state index contributed by atoms with van der Waals surface area (Å²) in [5.41, 5.74) is 1.88. The third-order valence-corrected chi connectivity index (χ3v) is 8.41. The number of carbonyl (C=O) groups excluding carboxylic acids is 2. The van der Waals surface area contributed by atoms with Crippen LogP contribution in [-0.2, 0) is 21.4 Å². The van der Waals surface area contributed by atoms with Crippen LogP contribution in [0.2, 0.25) is 0 Å². The number of hydrogen-bond donors (Lipinski definition) is 1. The number of Topliss-reactive ketones (excluding diaryl/α,β-unsaturated/α-hetero) is 1. The predicted molar refractivity (Wildman–Crippen MR) is 159 cm³/mol. The molecule has 1 N–H and O–H groups in total. The van der Waals surface area contributed by atoms with Crippen LogP contribution in [0.25, 0.3) is 0 Å². The molecule has 0 aromatic heterocycles. The number of hydrogen-bond acceptors (Lipinski definition) is 6. The Morgan fingerprint density at radius 2 is 1.71 bits per heavy atom. The molecule has 0 radical (unpaired) electrons. The molecule has 216 valence electrons. The number of nitrogens with zero attached hydrogens (tertiary/aromatic N) is 1. The summed E-state index contributed by atoms with van der Waals surface area (Å²) in [6.07, 6.45) is 0.0921. The molecule has 0 saturated carbocycles. The first-order valence-corrected chi connectivity index (χ1v) is 14.9. The van der Waals surface area contributed by atoms with Crippen molar-refractivity contribution in [3.63, 3.8) is 0 Å². The van der Waals surface area contributed by atoms with Gasteiger partial charge < -0.3 is 14.8 Å². The Hall–Kier alpha value is -4.11. The number of anilines is 1. The zero-order valence-corrected chi connectivity index (χ0v) is 24.7. The van der Waals surface area contributed by atoms with Gasteiger partial charge in [-0.05, 0) is 76.4 Å². The highest BCUT2D eigenvalue weighted by Gasteiger charge is 2.41. The standard InChI is InChI=1S/C32H36N2O6S/c1-22-13-16-26(17-14-22)41(37,38)34-28(12-9-19-33-31(36)40-32(3,4)5)23(2)30(35)27-20-25(15-18-29(27)34)39-21-24-10-7-6-8-11-24/h6-8,10-11,13-18,20,28H,2,9,12,19,21H2,1,3-5H3,(H,33,36). The van der Waals surface area contributed by atoms with Gasteiger partial charge in [-0.2, -0.15) is 0 Å². The molecule has 0 aliphatic carbocycles. The molecule has 9 heteroatoms. The van der Waals surface area contributed by atoms with Crippen LogP contribution in [0.3, 0.4) is 0 Å². The summed E-state index contributed by atoms with van der Waals surface area (Å²) in [7, 11) is -4.08. The fraction of sp³-hybridized carbons (Fsp3) is 0.312. The van der Waals surface area contributed by atoms with Crippen molar-refractivity contribution < 1.29 is 27.5 Å². The first-order chi connectivity index (χ1) is 19.4. The molecule has 41 heavy (non-hydrogen) atoms. The van der Waals surface area contributed by atoms with Crippen molar-refractivity contribution >= 4 is 27.6 Å². The number of aryl methyl sites for hydroxylation is 1. The van der Waals surface area contributed by atoms with E-state index in [1.807, 2.05) is 37.3 Å². The van der Waals surface area contributed by atoms with E-state index >= 15 is 0 Å². The molecule has 1 heterocycles. The fourth-order valence-electron chi connectivity index (χ4n) is 4.57. The Morgan fingerprint density at radius 3 is 2.37 bits per heavy atom. The first-order valence-electron chi connectivity index (χ1n) is 13.5. The topological polar surface area (TPSA) is 102 Å². The van der Waals surface area contributed by atoms with E-state index in [1.165, 1.54) is 4.31 Å². The molecular weight excluding hydrogens is 540 g/mol. The first kappa shape index (κ1) is 29.9. The minimum atomic E-state index is -4.08. The Morgan fingerprint density at radius 1 is 1.02 bits per heavy atom. The highest BCUT2D eigenvalue weighted by atomic mass is 32.2. The lowest BCUT2D eigenvalue weighted by molar-refractivity contribution is 0.0526. The molecule has 1 aliphatic rings. The maximum Gasteiger partial charge on any atom is 0.407 e. The van der Waals surface area contributed by atoms with Crippen molar-refractivity contribution in [2.75, 3.05) is 10.8 Å². The lowest BCUT2D eigenvalue weighted by Gasteiger charge is -2.38. The lowest BCUT2D eigenvalue weighted by atomic mass is 9.90. The van der Waals surface area contributed by atoms with Crippen LogP contribution >= 0.6 is 0 Å². The van der Waals surface area contributed by atoms with Crippen LogP contribution in [-0.4, -0.2) is 38.5 Å². The van der Waals surface area contributed by atoms with Crippen molar-refractivity contribution in [1.82, 2.24) is 5.32 Å². The number of fused-ring (bicyclic) bond motifs is 1. The molecule has 3 aromatic carbocycles. The number of sulfonamides is 1. The van der Waals surface area contributed by atoms with Crippen LogP contribution in [0.1, 0.15) is 55.1 Å². The highest BCUT2D eigenvalue weighted by Crippen LogP contribution is 2.40. The average Bonchev–Trinajstić information content (AvgIpc) is 2.92. The number of rotatable bonds is 9. The lowest BCUT2D eigenvalue weighted by Crippen LogP contribution is -2.47. The second kappa shape index (κ2) is 12.2. The number of benzene rings is 3. The van der Waals surface area contributed by atoms with Gasteiger partial charge in [-0.15, -0.1) is 0 Å². The summed E-state index contributed by atoms with van der Waals surface area (Å²) >= 11 is 0. The molecule has 1 atom stereocenters. The second-order valence-electron chi connectivity index (χ2n) is 11.0. The molecule has 1 unspecified atom stereocenters. The largest absolute Gasteiger partial charge is 0.489 e. The number of ketones is 1. The van der Waals surface area contributed by atoms with E-state index in [0.717, 1.165) is 11.1 Å². The Balaban J connectivity index is 1.63. The molecule has 8 nitrogen and oxygen atoms in total. The van der Waals surface area contributed by atoms with Gasteiger partial charge in [0.15, 0.2) is 5.78 Å². The molecule has 1 amide bonds. The van der Waals surface area contributed by atoms with Crippen LogP contribution in [0.5, 0.6) is 5.75 Å². The van der Waals surface area contributed by atoms with E-state index in [2.05, 4.69) is 11.9 Å². The van der Waals surface area contributed by atoms with E-state index in [0.29, 0.717) is 18.8 Å². The van der Waals surface area contributed by atoms with Gasteiger partial charge in [0.1, 0.15) is 18.0 Å². The van der Waals surface area contributed by atoms with Crippen molar-refractivity contribution in [2.45, 2.75) is 63.7 Å². The maximum atomic E-state index is 14.1. The third kappa shape index (κ3) is 7.16.